The van der Waals surface area contributed by atoms with Gasteiger partial charge in [0.2, 0.25) is 0 Å². The van der Waals surface area contributed by atoms with Gasteiger partial charge in [0, 0.05) is 28.3 Å². The van der Waals surface area contributed by atoms with Gasteiger partial charge < -0.3 is 4.74 Å². The fourth-order valence-corrected chi connectivity index (χ4v) is 3.22. The van der Waals surface area contributed by atoms with Crippen LogP contribution in [0.4, 0.5) is 14.2 Å². The summed E-state index contributed by atoms with van der Waals surface area (Å²) in [6.07, 6.45) is 2.29. The van der Waals surface area contributed by atoms with E-state index in [0.717, 1.165) is 6.20 Å². The third kappa shape index (κ3) is 4.44. The Hall–Kier alpha value is -1.23. The summed E-state index contributed by atoms with van der Waals surface area (Å²) in [4.78, 5) is 22.4. The Morgan fingerprint density at radius 3 is 2.79 bits per heavy atom. The number of amides is 1. The maximum absolute atomic E-state index is 13.4. The van der Waals surface area contributed by atoms with Crippen LogP contribution < -0.4 is 10.5 Å². The first-order valence-electron chi connectivity index (χ1n) is 7.42. The maximum atomic E-state index is 13.4. The number of rotatable bonds is 5. The lowest BCUT2D eigenvalue weighted by atomic mass is 10.1. The van der Waals surface area contributed by atoms with Crippen molar-refractivity contribution in [2.75, 3.05) is 15.9 Å². The minimum atomic E-state index is -0.543. The molecule has 2 heterocycles. The van der Waals surface area contributed by atoms with E-state index in [9.17, 15) is 9.18 Å². The monoisotopic (exact) mass is 461 g/mol. The van der Waals surface area contributed by atoms with Crippen molar-refractivity contribution in [1.82, 2.24) is 9.97 Å². The normalized spacial score (nSPS) is 11.4. The average molecular weight is 461 g/mol. The molecule has 0 aliphatic carbocycles. The molecule has 0 aromatic carbocycles. The summed E-state index contributed by atoms with van der Waals surface area (Å²) in [5.41, 5.74) is 0.746. The number of ether oxygens (including phenoxy) is 1. The van der Waals surface area contributed by atoms with Crippen LogP contribution in [-0.4, -0.2) is 40.5 Å². The van der Waals surface area contributed by atoms with Gasteiger partial charge in [-0.1, -0.05) is 33.9 Å². The molecule has 0 radical (unpaired) electrons. The summed E-state index contributed by atoms with van der Waals surface area (Å²) >= 11 is 3.51. The van der Waals surface area contributed by atoms with Crippen molar-refractivity contribution < 1.29 is 13.9 Å². The Labute approximate surface area is 159 Å². The Bertz CT molecular complexity index is 741. The highest BCUT2D eigenvalue weighted by molar-refractivity contribution is 14.1. The molecule has 0 atom stereocenters. The lowest BCUT2D eigenvalue weighted by Crippen LogP contribution is -2.40. The minimum Gasteiger partial charge on any atom is -0.442 e. The predicted octanol–water partition coefficient (Wildman–Crippen LogP) is 2.78. The number of nitrogens with zero attached hydrogens (tertiary/aromatic N) is 3. The van der Waals surface area contributed by atoms with Crippen molar-refractivity contribution >= 4 is 58.5 Å². The Morgan fingerprint density at radius 2 is 2.21 bits per heavy atom. The Balaban J connectivity index is 2.31. The lowest BCUT2D eigenvalue weighted by Gasteiger charge is -2.27. The molecule has 24 heavy (non-hydrogen) atoms. The van der Waals surface area contributed by atoms with E-state index in [4.69, 9.17) is 4.74 Å². The van der Waals surface area contributed by atoms with Crippen LogP contribution in [0.3, 0.4) is 0 Å². The summed E-state index contributed by atoms with van der Waals surface area (Å²) in [6.45, 7) is 6.07. The number of alkyl halides is 1. The number of carbonyl (C=O) groups excluding carboxylic acids is 1. The quantitative estimate of drug-likeness (QED) is 0.391. The molecule has 0 spiro atoms. The van der Waals surface area contributed by atoms with E-state index in [1.165, 1.54) is 17.4 Å². The highest BCUT2D eigenvalue weighted by Gasteiger charge is 2.27. The molecule has 0 bridgehead atoms. The van der Waals surface area contributed by atoms with Crippen LogP contribution in [-0.2, 0) is 4.74 Å². The second kappa shape index (κ2) is 7.77. The molecular formula is C15H18BFIN3O2S. The van der Waals surface area contributed by atoms with Crippen LogP contribution in [0.5, 0.6) is 0 Å². The minimum absolute atomic E-state index is 0.408. The van der Waals surface area contributed by atoms with Gasteiger partial charge in [0.05, 0.1) is 6.20 Å². The molecule has 2 aromatic heterocycles. The summed E-state index contributed by atoms with van der Waals surface area (Å²) in [5.74, 6) is -0.419. The van der Waals surface area contributed by atoms with E-state index in [1.807, 2.05) is 28.6 Å². The van der Waals surface area contributed by atoms with Gasteiger partial charge >= 0.3 is 6.09 Å². The fraction of sp³-hybridized carbons (Fsp3) is 0.400. The predicted molar refractivity (Wildman–Crippen MR) is 106 cm³/mol. The molecule has 0 saturated heterocycles. The third-order valence-electron chi connectivity index (χ3n) is 3.19. The highest BCUT2D eigenvalue weighted by atomic mass is 127. The molecule has 5 nitrogen and oxygen atoms in total. The van der Waals surface area contributed by atoms with Gasteiger partial charge in [-0.3, -0.25) is 9.88 Å². The molecule has 0 saturated carbocycles. The maximum Gasteiger partial charge on any atom is 0.415 e. The standard InChI is InChI=1S/C15H18BFIN3O2S/c1-4-21(14(22)23-15(2,3)8-18)13-11(16)20-12(24-13)9-5-10(17)7-19-6-9/h5-7H,4,8,16H2,1-3H3. The van der Waals surface area contributed by atoms with Gasteiger partial charge in [0.1, 0.15) is 21.4 Å². The zero-order valence-electron chi connectivity index (χ0n) is 14.0. The van der Waals surface area contributed by atoms with Gasteiger partial charge in [0.25, 0.3) is 0 Å². The second-order valence-corrected chi connectivity index (χ2v) is 7.55. The number of pyridine rings is 1. The number of hydrogen-bond donors (Lipinski definition) is 0. The van der Waals surface area contributed by atoms with Crippen molar-refractivity contribution in [3.63, 3.8) is 0 Å². The average Bonchev–Trinajstić information content (AvgIpc) is 2.89. The number of hydrogen-bond acceptors (Lipinski definition) is 5. The van der Waals surface area contributed by atoms with Crippen molar-refractivity contribution in [1.29, 1.82) is 0 Å². The molecule has 0 aliphatic rings. The van der Waals surface area contributed by atoms with E-state index in [1.54, 1.807) is 11.1 Å². The largest absolute Gasteiger partial charge is 0.442 e. The van der Waals surface area contributed by atoms with Crippen LogP contribution in [0.1, 0.15) is 20.8 Å². The van der Waals surface area contributed by atoms with Crippen LogP contribution in [0.25, 0.3) is 10.6 Å². The van der Waals surface area contributed by atoms with Gasteiger partial charge in [-0.05, 0) is 26.8 Å². The molecular weight excluding hydrogens is 443 g/mol. The zero-order valence-corrected chi connectivity index (χ0v) is 16.9. The second-order valence-electron chi connectivity index (χ2n) is 5.81. The summed E-state index contributed by atoms with van der Waals surface area (Å²) in [7, 11) is 1.82. The molecule has 9 heteroatoms. The molecule has 0 unspecified atom stereocenters. The Kier molecular flexibility index (Phi) is 6.19. The molecule has 0 N–H and O–H groups in total. The van der Waals surface area contributed by atoms with E-state index in [2.05, 4.69) is 32.6 Å². The van der Waals surface area contributed by atoms with Crippen LogP contribution in [0.2, 0.25) is 0 Å². The molecule has 128 valence electrons. The van der Waals surface area contributed by atoms with Gasteiger partial charge in [0.15, 0.2) is 7.85 Å². The van der Waals surface area contributed by atoms with Gasteiger partial charge in [-0.2, -0.15) is 0 Å². The van der Waals surface area contributed by atoms with Crippen molar-refractivity contribution in [3.8, 4) is 10.6 Å². The van der Waals surface area contributed by atoms with E-state index in [0.29, 0.717) is 32.1 Å². The van der Waals surface area contributed by atoms with Crippen LogP contribution >= 0.6 is 33.9 Å². The van der Waals surface area contributed by atoms with Crippen LogP contribution in [0, 0.1) is 5.82 Å². The fourth-order valence-electron chi connectivity index (χ4n) is 1.97. The summed E-state index contributed by atoms with van der Waals surface area (Å²) < 4.78 is 19.6. The lowest BCUT2D eigenvalue weighted by molar-refractivity contribution is 0.0638. The van der Waals surface area contributed by atoms with E-state index >= 15 is 0 Å². The first kappa shape index (κ1) is 19.1. The molecule has 0 fully saturated rings. The number of carbonyl (C=O) groups is 1. The van der Waals surface area contributed by atoms with Gasteiger partial charge in [-0.25, -0.2) is 14.2 Å². The molecule has 0 aliphatic heterocycles. The molecule has 2 rings (SSSR count). The van der Waals surface area contributed by atoms with Gasteiger partial charge in [-0.15, -0.1) is 0 Å². The Morgan fingerprint density at radius 1 is 1.50 bits per heavy atom. The van der Waals surface area contributed by atoms with Crippen molar-refractivity contribution in [3.05, 3.63) is 24.3 Å². The SMILES string of the molecule is Bc1nc(-c2cncc(F)c2)sc1N(CC)C(=O)OC(C)(C)CI. The number of aromatic nitrogens is 2. The van der Waals surface area contributed by atoms with Crippen molar-refractivity contribution in [2.24, 2.45) is 0 Å². The van der Waals surface area contributed by atoms with E-state index in [-0.39, 0.29) is 0 Å². The number of thiazole rings is 1. The first-order chi connectivity index (χ1) is 11.3. The van der Waals surface area contributed by atoms with E-state index < -0.39 is 17.5 Å². The zero-order chi connectivity index (χ0) is 17.9. The third-order valence-corrected chi connectivity index (χ3v) is 6.26. The summed E-state index contributed by atoms with van der Waals surface area (Å²) in [6, 6.07) is 1.38. The first-order valence-corrected chi connectivity index (χ1v) is 9.76. The number of anilines is 1. The molecule has 1 amide bonds. The van der Waals surface area contributed by atoms with Crippen molar-refractivity contribution in [2.45, 2.75) is 26.4 Å². The van der Waals surface area contributed by atoms with Crippen LogP contribution in [0.15, 0.2) is 18.5 Å². The molecule has 2 aromatic rings. The number of halogens is 2. The highest BCUT2D eigenvalue weighted by Crippen LogP contribution is 2.30. The summed E-state index contributed by atoms with van der Waals surface area (Å²) in [5, 5.41) is 1.32. The smallest absolute Gasteiger partial charge is 0.415 e. The topological polar surface area (TPSA) is 55.3 Å².